The van der Waals surface area contributed by atoms with Crippen LogP contribution in [0.15, 0.2) is 18.2 Å². The predicted molar refractivity (Wildman–Crippen MR) is 85.2 cm³/mol. The van der Waals surface area contributed by atoms with Gasteiger partial charge in [0.15, 0.2) is 0 Å². The van der Waals surface area contributed by atoms with Crippen LogP contribution >= 0.6 is 0 Å². The summed E-state index contributed by atoms with van der Waals surface area (Å²) in [6.45, 7) is 11.5. The molecular weight excluding hydrogens is 248 g/mol. The number of aliphatic hydroxyl groups is 1. The van der Waals surface area contributed by atoms with Crippen molar-refractivity contribution in [3.05, 3.63) is 29.3 Å². The molecule has 2 rings (SSSR count). The summed E-state index contributed by atoms with van der Waals surface area (Å²) in [5.74, 6) is 0. The smallest absolute Gasteiger partial charge is 0.0574 e. The normalized spacial score (nSPS) is 17.6. The zero-order valence-electron chi connectivity index (χ0n) is 13.2. The van der Waals surface area contributed by atoms with E-state index in [1.165, 1.54) is 16.8 Å². The van der Waals surface area contributed by atoms with Crippen molar-refractivity contribution in [2.24, 2.45) is 0 Å². The minimum Gasteiger partial charge on any atom is -0.393 e. The molecule has 20 heavy (non-hydrogen) atoms. The fourth-order valence-corrected chi connectivity index (χ4v) is 2.63. The molecule has 1 aromatic rings. The van der Waals surface area contributed by atoms with E-state index in [4.69, 9.17) is 0 Å². The van der Waals surface area contributed by atoms with Crippen molar-refractivity contribution in [3.63, 3.8) is 0 Å². The van der Waals surface area contributed by atoms with Gasteiger partial charge in [-0.25, -0.2) is 0 Å². The van der Waals surface area contributed by atoms with Gasteiger partial charge in [-0.2, -0.15) is 0 Å². The highest BCUT2D eigenvalue weighted by Gasteiger charge is 2.20. The molecule has 1 aromatic carbocycles. The maximum Gasteiger partial charge on any atom is 0.0574 e. The Balaban J connectivity index is 2.15. The van der Waals surface area contributed by atoms with E-state index in [-0.39, 0.29) is 11.6 Å². The number of rotatable bonds is 3. The van der Waals surface area contributed by atoms with Crippen LogP contribution in [0.3, 0.4) is 0 Å². The molecule has 112 valence electrons. The van der Waals surface area contributed by atoms with E-state index in [2.05, 4.69) is 56.1 Å². The number of hydrogen-bond donors (Lipinski definition) is 2. The summed E-state index contributed by atoms with van der Waals surface area (Å²) in [6.07, 6.45) is 1.63. The lowest BCUT2D eigenvalue weighted by Crippen LogP contribution is -2.38. The van der Waals surface area contributed by atoms with Gasteiger partial charge in [0, 0.05) is 30.9 Å². The Kier molecular flexibility index (Phi) is 4.71. The second-order valence-corrected chi connectivity index (χ2v) is 6.95. The van der Waals surface area contributed by atoms with Crippen molar-refractivity contribution in [1.29, 1.82) is 0 Å². The van der Waals surface area contributed by atoms with Crippen LogP contribution in [0.25, 0.3) is 0 Å². The van der Waals surface area contributed by atoms with Crippen molar-refractivity contribution in [1.82, 2.24) is 5.32 Å². The minimum absolute atomic E-state index is 0.118. The Morgan fingerprint density at radius 3 is 2.50 bits per heavy atom. The third-order valence-electron chi connectivity index (χ3n) is 3.85. The molecule has 0 amide bonds. The monoisotopic (exact) mass is 276 g/mol. The van der Waals surface area contributed by atoms with Crippen LogP contribution in [-0.4, -0.2) is 29.8 Å². The summed E-state index contributed by atoms with van der Waals surface area (Å²) in [5, 5.41) is 13.2. The molecule has 0 spiro atoms. The topological polar surface area (TPSA) is 35.5 Å². The average Bonchev–Trinajstić information content (AvgIpc) is 2.37. The van der Waals surface area contributed by atoms with Crippen LogP contribution in [0.2, 0.25) is 0 Å². The fraction of sp³-hybridized carbons (Fsp3) is 0.647. The average molecular weight is 276 g/mol. The lowest BCUT2D eigenvalue weighted by atomic mass is 10.0. The number of aryl methyl sites for hydroxylation is 1. The number of anilines is 1. The van der Waals surface area contributed by atoms with Gasteiger partial charge in [-0.15, -0.1) is 0 Å². The van der Waals surface area contributed by atoms with Crippen molar-refractivity contribution in [3.8, 4) is 0 Å². The Morgan fingerprint density at radius 1 is 1.25 bits per heavy atom. The molecule has 0 aromatic heterocycles. The van der Waals surface area contributed by atoms with Gasteiger partial charge >= 0.3 is 0 Å². The third-order valence-corrected chi connectivity index (χ3v) is 3.85. The standard InChI is InChI=1S/C17H28N2O/c1-13-5-6-16(19-9-7-15(20)8-10-19)14(11-13)12-18-17(2,3)4/h5-6,11,15,18,20H,7-10,12H2,1-4H3. The molecule has 0 atom stereocenters. The number of nitrogens with zero attached hydrogens (tertiary/aromatic N) is 1. The second-order valence-electron chi connectivity index (χ2n) is 6.95. The number of hydrogen-bond acceptors (Lipinski definition) is 3. The van der Waals surface area contributed by atoms with Crippen LogP contribution in [-0.2, 0) is 6.54 Å². The van der Waals surface area contributed by atoms with Gasteiger partial charge < -0.3 is 15.3 Å². The largest absolute Gasteiger partial charge is 0.393 e. The van der Waals surface area contributed by atoms with E-state index in [0.29, 0.717) is 0 Å². The molecular formula is C17H28N2O. The molecule has 1 fully saturated rings. The maximum absolute atomic E-state index is 9.66. The van der Waals surface area contributed by atoms with E-state index in [0.717, 1.165) is 32.5 Å². The molecule has 3 nitrogen and oxygen atoms in total. The van der Waals surface area contributed by atoms with Gasteiger partial charge in [-0.1, -0.05) is 17.7 Å². The Labute approximate surface area is 123 Å². The van der Waals surface area contributed by atoms with Gasteiger partial charge in [-0.05, 0) is 52.2 Å². The van der Waals surface area contributed by atoms with Gasteiger partial charge in [0.2, 0.25) is 0 Å². The van der Waals surface area contributed by atoms with E-state index in [1.54, 1.807) is 0 Å². The number of nitrogens with one attached hydrogen (secondary N) is 1. The molecule has 0 aliphatic carbocycles. The summed E-state index contributed by atoms with van der Waals surface area (Å²) in [7, 11) is 0. The summed E-state index contributed by atoms with van der Waals surface area (Å²) >= 11 is 0. The van der Waals surface area contributed by atoms with Crippen LogP contribution in [0.5, 0.6) is 0 Å². The molecule has 1 aliphatic rings. The summed E-state index contributed by atoms with van der Waals surface area (Å²) in [4.78, 5) is 2.41. The SMILES string of the molecule is Cc1ccc(N2CCC(O)CC2)c(CNC(C)(C)C)c1. The van der Waals surface area contributed by atoms with E-state index in [1.807, 2.05) is 0 Å². The molecule has 1 heterocycles. The van der Waals surface area contributed by atoms with Gasteiger partial charge in [0.1, 0.15) is 0 Å². The Morgan fingerprint density at radius 2 is 1.90 bits per heavy atom. The Bertz CT molecular complexity index is 443. The molecule has 1 aliphatic heterocycles. The summed E-state index contributed by atoms with van der Waals surface area (Å²) in [6, 6.07) is 6.69. The molecule has 0 bridgehead atoms. The molecule has 1 saturated heterocycles. The van der Waals surface area contributed by atoms with Crippen LogP contribution < -0.4 is 10.2 Å². The zero-order chi connectivity index (χ0) is 14.8. The van der Waals surface area contributed by atoms with Gasteiger partial charge in [0.25, 0.3) is 0 Å². The number of piperidine rings is 1. The van der Waals surface area contributed by atoms with Gasteiger partial charge in [0.05, 0.1) is 6.10 Å². The first kappa shape index (κ1) is 15.3. The lowest BCUT2D eigenvalue weighted by Gasteiger charge is -2.33. The summed E-state index contributed by atoms with van der Waals surface area (Å²) in [5.41, 5.74) is 4.10. The first-order valence-electron chi connectivity index (χ1n) is 7.63. The third kappa shape index (κ3) is 4.22. The maximum atomic E-state index is 9.66. The Hall–Kier alpha value is -1.06. The molecule has 0 unspecified atom stereocenters. The van der Waals surface area contributed by atoms with Crippen molar-refractivity contribution in [2.75, 3.05) is 18.0 Å². The zero-order valence-corrected chi connectivity index (χ0v) is 13.2. The lowest BCUT2D eigenvalue weighted by molar-refractivity contribution is 0.145. The first-order valence-corrected chi connectivity index (χ1v) is 7.63. The molecule has 0 saturated carbocycles. The quantitative estimate of drug-likeness (QED) is 0.891. The highest BCUT2D eigenvalue weighted by molar-refractivity contribution is 5.55. The van der Waals surface area contributed by atoms with Crippen LogP contribution in [0.4, 0.5) is 5.69 Å². The van der Waals surface area contributed by atoms with Crippen molar-refractivity contribution >= 4 is 5.69 Å². The van der Waals surface area contributed by atoms with E-state index >= 15 is 0 Å². The first-order chi connectivity index (χ1) is 9.35. The molecule has 3 heteroatoms. The van der Waals surface area contributed by atoms with E-state index < -0.39 is 0 Å². The second kappa shape index (κ2) is 6.15. The molecule has 2 N–H and O–H groups in total. The highest BCUT2D eigenvalue weighted by atomic mass is 16.3. The fourth-order valence-electron chi connectivity index (χ4n) is 2.63. The highest BCUT2D eigenvalue weighted by Crippen LogP contribution is 2.26. The number of benzene rings is 1. The van der Waals surface area contributed by atoms with Gasteiger partial charge in [-0.3, -0.25) is 0 Å². The molecule has 0 radical (unpaired) electrons. The minimum atomic E-state index is -0.118. The van der Waals surface area contributed by atoms with Crippen LogP contribution in [0.1, 0.15) is 44.7 Å². The van der Waals surface area contributed by atoms with E-state index in [9.17, 15) is 5.11 Å². The van der Waals surface area contributed by atoms with Crippen LogP contribution in [0, 0.1) is 6.92 Å². The van der Waals surface area contributed by atoms with Crippen molar-refractivity contribution in [2.45, 2.75) is 58.7 Å². The number of aliphatic hydroxyl groups excluding tert-OH is 1. The predicted octanol–water partition coefficient (Wildman–Crippen LogP) is 2.84. The summed E-state index contributed by atoms with van der Waals surface area (Å²) < 4.78 is 0. The van der Waals surface area contributed by atoms with Crippen molar-refractivity contribution < 1.29 is 5.11 Å².